The van der Waals surface area contributed by atoms with Gasteiger partial charge in [-0.1, -0.05) is 123 Å². The van der Waals surface area contributed by atoms with E-state index in [1.54, 1.807) is 0 Å². The smallest absolute Gasteiger partial charge is 0.164 e. The predicted molar refractivity (Wildman–Crippen MR) is 136 cm³/mol. The molecule has 0 fully saturated rings. The highest BCUT2D eigenvalue weighted by molar-refractivity contribution is 5.79. The minimum atomic E-state index is 0.0409. The number of hydrogen-bond donors (Lipinski definition) is 0. The zero-order valence-corrected chi connectivity index (χ0v) is 18.8. The molecule has 0 aliphatic heterocycles. The highest BCUT2D eigenvalue weighted by Crippen LogP contribution is 2.29. The monoisotopic (exact) mass is 427 g/mol. The molecule has 5 rings (SSSR count). The van der Waals surface area contributed by atoms with Gasteiger partial charge in [-0.05, 0) is 17.2 Å². The fourth-order valence-corrected chi connectivity index (χ4v) is 3.78. The van der Waals surface area contributed by atoms with E-state index in [1.807, 2.05) is 60.7 Å². The summed E-state index contributed by atoms with van der Waals surface area (Å²) < 4.78 is 0. The number of allylic oxidation sites excluding steroid dienone is 6. The zero-order valence-electron chi connectivity index (χ0n) is 18.8. The van der Waals surface area contributed by atoms with E-state index in [4.69, 9.17) is 15.0 Å². The first-order valence-corrected chi connectivity index (χ1v) is 11.1. The molecule has 0 radical (unpaired) electrons. The van der Waals surface area contributed by atoms with Gasteiger partial charge in [0.1, 0.15) is 0 Å². The molecule has 1 aliphatic carbocycles. The van der Waals surface area contributed by atoms with Crippen LogP contribution < -0.4 is 0 Å². The first-order valence-electron chi connectivity index (χ1n) is 11.1. The highest BCUT2D eigenvalue weighted by Gasteiger charge is 2.14. The summed E-state index contributed by atoms with van der Waals surface area (Å²) in [6.45, 7) is 4.41. The van der Waals surface area contributed by atoms with Gasteiger partial charge in [-0.15, -0.1) is 0 Å². The van der Waals surface area contributed by atoms with Crippen LogP contribution in [0.4, 0.5) is 0 Å². The molecule has 3 nitrogen and oxygen atoms in total. The molecular formula is C30H25N3. The minimum Gasteiger partial charge on any atom is -0.208 e. The van der Waals surface area contributed by atoms with Crippen molar-refractivity contribution >= 4 is 5.57 Å². The Hall–Kier alpha value is -4.11. The van der Waals surface area contributed by atoms with Crippen LogP contribution in [0.3, 0.4) is 0 Å². The Kier molecular flexibility index (Phi) is 5.54. The highest BCUT2D eigenvalue weighted by atomic mass is 15.0. The van der Waals surface area contributed by atoms with Gasteiger partial charge in [0.15, 0.2) is 17.5 Å². The SMILES string of the molecule is CC1(C)C=CC=C(c2cccc(-c3nc(-c4ccccc4)nc(-c4ccccc4)n3)c2)C=C1. The van der Waals surface area contributed by atoms with Crippen molar-refractivity contribution < 1.29 is 0 Å². The second-order valence-electron chi connectivity index (χ2n) is 8.75. The summed E-state index contributed by atoms with van der Waals surface area (Å²) in [5, 5.41) is 0. The zero-order chi connectivity index (χ0) is 22.7. The molecule has 0 saturated heterocycles. The van der Waals surface area contributed by atoms with E-state index in [2.05, 4.69) is 68.5 Å². The lowest BCUT2D eigenvalue weighted by molar-refractivity contribution is 0.627. The number of benzene rings is 3. The molecule has 4 aromatic rings. The summed E-state index contributed by atoms with van der Waals surface area (Å²) in [5.41, 5.74) is 5.24. The normalized spacial score (nSPS) is 14.5. The summed E-state index contributed by atoms with van der Waals surface area (Å²) in [6, 6.07) is 28.5. The van der Waals surface area contributed by atoms with Gasteiger partial charge in [-0.3, -0.25) is 0 Å². The maximum Gasteiger partial charge on any atom is 0.164 e. The Morgan fingerprint density at radius 2 is 1.06 bits per heavy atom. The number of hydrogen-bond acceptors (Lipinski definition) is 3. The summed E-state index contributed by atoms with van der Waals surface area (Å²) >= 11 is 0. The van der Waals surface area contributed by atoms with Crippen LogP contribution in [0.5, 0.6) is 0 Å². The van der Waals surface area contributed by atoms with Crippen LogP contribution in [0.1, 0.15) is 19.4 Å². The summed E-state index contributed by atoms with van der Waals surface area (Å²) in [7, 11) is 0. The van der Waals surface area contributed by atoms with Gasteiger partial charge in [-0.25, -0.2) is 15.0 Å². The van der Waals surface area contributed by atoms with Crippen LogP contribution in [0.25, 0.3) is 39.7 Å². The molecule has 3 aromatic carbocycles. The van der Waals surface area contributed by atoms with E-state index in [9.17, 15) is 0 Å². The molecular weight excluding hydrogens is 402 g/mol. The van der Waals surface area contributed by atoms with Crippen molar-refractivity contribution in [3.05, 3.63) is 121 Å². The van der Waals surface area contributed by atoms with Crippen molar-refractivity contribution in [3.63, 3.8) is 0 Å². The van der Waals surface area contributed by atoms with Gasteiger partial charge >= 0.3 is 0 Å². The Balaban J connectivity index is 1.62. The molecule has 0 bridgehead atoms. The van der Waals surface area contributed by atoms with E-state index in [0.717, 1.165) is 22.3 Å². The third-order valence-corrected chi connectivity index (χ3v) is 5.65. The van der Waals surface area contributed by atoms with E-state index in [-0.39, 0.29) is 5.41 Å². The molecule has 1 aromatic heterocycles. The maximum atomic E-state index is 4.85. The fraction of sp³-hybridized carbons (Fsp3) is 0.100. The Bertz CT molecular complexity index is 1310. The third-order valence-electron chi connectivity index (χ3n) is 5.65. The lowest BCUT2D eigenvalue weighted by Crippen LogP contribution is -2.01. The number of aromatic nitrogens is 3. The lowest BCUT2D eigenvalue weighted by Gasteiger charge is -2.12. The van der Waals surface area contributed by atoms with Crippen molar-refractivity contribution in [1.82, 2.24) is 15.0 Å². The minimum absolute atomic E-state index is 0.0409. The van der Waals surface area contributed by atoms with Crippen molar-refractivity contribution in [2.45, 2.75) is 13.8 Å². The molecule has 160 valence electrons. The first-order chi connectivity index (χ1) is 16.1. The number of nitrogens with zero attached hydrogens (tertiary/aromatic N) is 3. The first kappa shape index (κ1) is 20.8. The van der Waals surface area contributed by atoms with Crippen molar-refractivity contribution in [2.75, 3.05) is 0 Å². The second-order valence-corrected chi connectivity index (χ2v) is 8.75. The number of rotatable bonds is 4. The molecule has 0 atom stereocenters. The van der Waals surface area contributed by atoms with Gasteiger partial charge in [0.05, 0.1) is 0 Å². The van der Waals surface area contributed by atoms with Crippen LogP contribution in [-0.4, -0.2) is 15.0 Å². The quantitative estimate of drug-likeness (QED) is 0.340. The van der Waals surface area contributed by atoms with Gasteiger partial charge in [0, 0.05) is 22.1 Å². The largest absolute Gasteiger partial charge is 0.208 e. The van der Waals surface area contributed by atoms with Crippen molar-refractivity contribution in [1.29, 1.82) is 0 Å². The standard InChI is InChI=1S/C30H25N3/c1-30(2)19-10-17-22(18-20-30)25-15-9-16-26(21-25)29-32-27(23-11-5-3-6-12-23)31-28(33-29)24-13-7-4-8-14-24/h3-21H,1-2H3. The Morgan fingerprint density at radius 1 is 0.545 bits per heavy atom. The van der Waals surface area contributed by atoms with E-state index < -0.39 is 0 Å². The van der Waals surface area contributed by atoms with Crippen LogP contribution >= 0.6 is 0 Å². The third kappa shape index (κ3) is 4.73. The molecule has 0 unspecified atom stereocenters. The van der Waals surface area contributed by atoms with Crippen LogP contribution in [0, 0.1) is 5.41 Å². The summed E-state index contributed by atoms with van der Waals surface area (Å²) in [4.78, 5) is 14.5. The molecule has 0 spiro atoms. The molecule has 0 amide bonds. The van der Waals surface area contributed by atoms with Gasteiger partial charge < -0.3 is 0 Å². The van der Waals surface area contributed by atoms with Crippen molar-refractivity contribution in [3.8, 4) is 34.2 Å². The second kappa shape index (κ2) is 8.79. The molecule has 33 heavy (non-hydrogen) atoms. The average Bonchev–Trinajstić information content (AvgIpc) is 3.05. The van der Waals surface area contributed by atoms with Crippen molar-refractivity contribution in [2.24, 2.45) is 5.41 Å². The Morgan fingerprint density at radius 3 is 1.67 bits per heavy atom. The predicted octanol–water partition coefficient (Wildman–Crippen LogP) is 7.41. The molecule has 1 heterocycles. The molecule has 1 aliphatic rings. The summed E-state index contributed by atoms with van der Waals surface area (Å²) in [6.07, 6.45) is 10.9. The van der Waals surface area contributed by atoms with Crippen LogP contribution in [0.15, 0.2) is 115 Å². The molecule has 0 N–H and O–H groups in total. The molecule has 3 heteroatoms. The maximum absolute atomic E-state index is 4.85. The average molecular weight is 428 g/mol. The summed E-state index contributed by atoms with van der Waals surface area (Å²) in [5.74, 6) is 2.00. The lowest BCUT2D eigenvalue weighted by atomic mass is 9.92. The van der Waals surface area contributed by atoms with E-state index in [0.29, 0.717) is 17.5 Å². The van der Waals surface area contributed by atoms with Crippen LogP contribution in [0.2, 0.25) is 0 Å². The van der Waals surface area contributed by atoms with E-state index in [1.165, 1.54) is 5.57 Å². The topological polar surface area (TPSA) is 38.7 Å². The van der Waals surface area contributed by atoms with Gasteiger partial charge in [0.2, 0.25) is 0 Å². The Labute approximate surface area is 194 Å². The van der Waals surface area contributed by atoms with E-state index >= 15 is 0 Å². The van der Waals surface area contributed by atoms with Gasteiger partial charge in [0.25, 0.3) is 0 Å². The molecule has 0 saturated carbocycles. The van der Waals surface area contributed by atoms with Gasteiger partial charge in [-0.2, -0.15) is 0 Å². The van der Waals surface area contributed by atoms with Crippen LogP contribution in [-0.2, 0) is 0 Å². The fourth-order valence-electron chi connectivity index (χ4n) is 3.78.